The summed E-state index contributed by atoms with van der Waals surface area (Å²) in [4.78, 5) is 27.4. The summed E-state index contributed by atoms with van der Waals surface area (Å²) in [5.41, 5.74) is 0.668. The van der Waals surface area contributed by atoms with Crippen molar-refractivity contribution < 1.29 is 19.4 Å². The van der Waals surface area contributed by atoms with Crippen molar-refractivity contribution in [1.29, 1.82) is 0 Å². The van der Waals surface area contributed by atoms with Crippen molar-refractivity contribution in [2.45, 2.75) is 0 Å². The molecule has 0 aliphatic rings. The summed E-state index contributed by atoms with van der Waals surface area (Å²) < 4.78 is 5.61. The molecular formula is C19H14N2O4. The van der Waals surface area contributed by atoms with Gasteiger partial charge in [0.05, 0.1) is 17.4 Å². The Labute approximate surface area is 143 Å². The van der Waals surface area contributed by atoms with E-state index in [1.807, 2.05) is 0 Å². The number of nitrogens with one attached hydrogen (secondary N) is 1. The third-order valence-corrected chi connectivity index (χ3v) is 3.39. The summed E-state index contributed by atoms with van der Waals surface area (Å²) in [6.45, 7) is 0. The second-order valence-electron chi connectivity index (χ2n) is 5.12. The molecule has 0 unspecified atom stereocenters. The maximum Gasteiger partial charge on any atom is 0.337 e. The molecule has 3 aromatic rings. The lowest BCUT2D eigenvalue weighted by atomic mass is 10.1. The Bertz CT molecular complexity index is 893. The number of carbonyl (C=O) groups is 2. The van der Waals surface area contributed by atoms with Crippen molar-refractivity contribution in [3.8, 4) is 11.5 Å². The molecule has 0 saturated heterocycles. The first kappa shape index (κ1) is 16.2. The Kier molecular flexibility index (Phi) is 4.71. The molecule has 2 N–H and O–H groups in total. The molecule has 1 aromatic heterocycles. The molecule has 0 atom stereocenters. The fourth-order valence-corrected chi connectivity index (χ4v) is 2.19. The monoisotopic (exact) mass is 334 g/mol. The molecule has 0 spiro atoms. The Hall–Kier alpha value is -3.67. The Morgan fingerprint density at radius 1 is 0.920 bits per heavy atom. The lowest BCUT2D eigenvalue weighted by Gasteiger charge is -2.09. The van der Waals surface area contributed by atoms with Gasteiger partial charge in [0.15, 0.2) is 0 Å². The quantitative estimate of drug-likeness (QED) is 0.740. The number of carboxylic acid groups (broad SMARTS) is 1. The van der Waals surface area contributed by atoms with Crippen molar-refractivity contribution >= 4 is 17.6 Å². The maximum atomic E-state index is 12.3. The second kappa shape index (κ2) is 7.27. The summed E-state index contributed by atoms with van der Waals surface area (Å²) in [6, 6.07) is 16.3. The Balaban J connectivity index is 1.72. The molecule has 2 aromatic carbocycles. The van der Waals surface area contributed by atoms with Gasteiger partial charge >= 0.3 is 5.97 Å². The van der Waals surface area contributed by atoms with Gasteiger partial charge in [-0.05, 0) is 48.5 Å². The number of benzene rings is 2. The van der Waals surface area contributed by atoms with Crippen LogP contribution >= 0.6 is 0 Å². The van der Waals surface area contributed by atoms with Crippen molar-refractivity contribution in [3.63, 3.8) is 0 Å². The van der Waals surface area contributed by atoms with E-state index in [9.17, 15) is 9.59 Å². The number of hydrogen-bond donors (Lipinski definition) is 2. The predicted octanol–water partition coefficient (Wildman–Crippen LogP) is 3.82. The van der Waals surface area contributed by atoms with Gasteiger partial charge in [0, 0.05) is 11.8 Å². The highest BCUT2D eigenvalue weighted by molar-refractivity contribution is 6.07. The largest absolute Gasteiger partial charge is 0.478 e. The average molecular weight is 334 g/mol. The van der Waals surface area contributed by atoms with Crippen LogP contribution in [0.4, 0.5) is 5.69 Å². The molecule has 6 nitrogen and oxygen atoms in total. The molecule has 124 valence electrons. The molecule has 0 bridgehead atoms. The van der Waals surface area contributed by atoms with Crippen LogP contribution in [0.25, 0.3) is 0 Å². The topological polar surface area (TPSA) is 88.5 Å². The zero-order valence-electron chi connectivity index (χ0n) is 13.0. The first-order valence-corrected chi connectivity index (χ1v) is 7.45. The number of pyridine rings is 1. The minimum absolute atomic E-state index is 0.0346. The van der Waals surface area contributed by atoms with Crippen LogP contribution in [0.1, 0.15) is 20.7 Å². The van der Waals surface area contributed by atoms with Crippen molar-refractivity contribution in [2.24, 2.45) is 0 Å². The van der Waals surface area contributed by atoms with Crippen LogP contribution in [0.15, 0.2) is 73.1 Å². The van der Waals surface area contributed by atoms with E-state index in [1.54, 1.807) is 67.0 Å². The number of carbonyl (C=O) groups excluding carboxylic acids is 1. The third kappa shape index (κ3) is 4.00. The van der Waals surface area contributed by atoms with Crippen LogP contribution in [-0.2, 0) is 0 Å². The van der Waals surface area contributed by atoms with E-state index >= 15 is 0 Å². The van der Waals surface area contributed by atoms with E-state index in [0.717, 1.165) is 0 Å². The lowest BCUT2D eigenvalue weighted by molar-refractivity contribution is 0.0698. The van der Waals surface area contributed by atoms with Crippen LogP contribution in [0, 0.1) is 0 Å². The van der Waals surface area contributed by atoms with Gasteiger partial charge in [-0.2, -0.15) is 0 Å². The lowest BCUT2D eigenvalue weighted by Crippen LogP contribution is -2.14. The van der Waals surface area contributed by atoms with E-state index in [-0.39, 0.29) is 11.3 Å². The van der Waals surface area contributed by atoms with E-state index in [0.29, 0.717) is 17.1 Å². The molecule has 0 radical (unpaired) electrons. The minimum Gasteiger partial charge on any atom is -0.478 e. The first-order chi connectivity index (χ1) is 12.1. The van der Waals surface area contributed by atoms with Crippen LogP contribution in [0.2, 0.25) is 0 Å². The highest BCUT2D eigenvalue weighted by Crippen LogP contribution is 2.21. The first-order valence-electron chi connectivity index (χ1n) is 7.45. The predicted molar refractivity (Wildman–Crippen MR) is 92.1 cm³/mol. The smallest absolute Gasteiger partial charge is 0.337 e. The van der Waals surface area contributed by atoms with Gasteiger partial charge in [0.1, 0.15) is 11.5 Å². The number of hydrogen-bond acceptors (Lipinski definition) is 4. The highest BCUT2D eigenvalue weighted by Gasteiger charge is 2.13. The minimum atomic E-state index is -1.10. The maximum absolute atomic E-state index is 12.3. The standard InChI is InChI=1S/C19H14N2O4/c22-18(21-17-6-2-1-5-16(17)19(23)24)13-7-9-14(10-8-13)25-15-4-3-11-20-12-15/h1-12H,(H,21,22)(H,23,24). The van der Waals surface area contributed by atoms with E-state index in [2.05, 4.69) is 10.3 Å². The van der Waals surface area contributed by atoms with Gasteiger partial charge in [-0.3, -0.25) is 9.78 Å². The van der Waals surface area contributed by atoms with Gasteiger partial charge in [0.2, 0.25) is 0 Å². The summed E-state index contributed by atoms with van der Waals surface area (Å²) >= 11 is 0. The SMILES string of the molecule is O=C(Nc1ccccc1C(=O)O)c1ccc(Oc2cccnc2)cc1. The zero-order valence-corrected chi connectivity index (χ0v) is 13.0. The normalized spacial score (nSPS) is 10.1. The number of para-hydroxylation sites is 1. The molecule has 0 fully saturated rings. The molecule has 0 aliphatic carbocycles. The van der Waals surface area contributed by atoms with E-state index in [1.165, 1.54) is 6.07 Å². The zero-order chi connectivity index (χ0) is 17.6. The molecule has 6 heteroatoms. The van der Waals surface area contributed by atoms with Gasteiger partial charge in [-0.1, -0.05) is 12.1 Å². The Morgan fingerprint density at radius 2 is 1.68 bits per heavy atom. The fourth-order valence-electron chi connectivity index (χ4n) is 2.19. The summed E-state index contributed by atoms with van der Waals surface area (Å²) in [7, 11) is 0. The fraction of sp³-hybridized carbons (Fsp3) is 0. The van der Waals surface area contributed by atoms with Gasteiger partial charge in [0.25, 0.3) is 5.91 Å². The van der Waals surface area contributed by atoms with Crippen molar-refractivity contribution in [1.82, 2.24) is 4.98 Å². The number of amides is 1. The molecule has 1 heterocycles. The number of nitrogens with zero attached hydrogens (tertiary/aromatic N) is 1. The van der Waals surface area contributed by atoms with E-state index < -0.39 is 11.9 Å². The van der Waals surface area contributed by atoms with Crippen LogP contribution < -0.4 is 10.1 Å². The molecule has 1 amide bonds. The number of rotatable bonds is 5. The van der Waals surface area contributed by atoms with Gasteiger partial charge in [-0.15, -0.1) is 0 Å². The summed E-state index contributed by atoms with van der Waals surface area (Å²) in [5, 5.41) is 11.8. The Morgan fingerprint density at radius 3 is 2.36 bits per heavy atom. The summed E-state index contributed by atoms with van der Waals surface area (Å²) in [6.07, 6.45) is 3.23. The summed E-state index contributed by atoms with van der Waals surface area (Å²) in [5.74, 6) is -0.344. The molecule has 3 rings (SSSR count). The van der Waals surface area contributed by atoms with E-state index in [4.69, 9.17) is 9.84 Å². The molecule has 25 heavy (non-hydrogen) atoms. The van der Waals surface area contributed by atoms with Crippen molar-refractivity contribution in [3.05, 3.63) is 84.2 Å². The molecule has 0 aliphatic heterocycles. The number of ether oxygens (including phenoxy) is 1. The highest BCUT2D eigenvalue weighted by atomic mass is 16.5. The molecule has 0 saturated carbocycles. The van der Waals surface area contributed by atoms with Gasteiger partial charge < -0.3 is 15.2 Å². The van der Waals surface area contributed by atoms with Crippen molar-refractivity contribution in [2.75, 3.05) is 5.32 Å². The van der Waals surface area contributed by atoms with Crippen LogP contribution in [-0.4, -0.2) is 22.0 Å². The molecular weight excluding hydrogens is 320 g/mol. The number of aromatic nitrogens is 1. The average Bonchev–Trinajstić information content (AvgIpc) is 2.63. The van der Waals surface area contributed by atoms with Gasteiger partial charge in [-0.25, -0.2) is 4.79 Å². The second-order valence-corrected chi connectivity index (χ2v) is 5.12. The van der Waals surface area contributed by atoms with Crippen LogP contribution in [0.3, 0.4) is 0 Å². The number of anilines is 1. The van der Waals surface area contributed by atoms with Crippen LogP contribution in [0.5, 0.6) is 11.5 Å². The number of carboxylic acids is 1. The number of aromatic carboxylic acids is 1. The third-order valence-electron chi connectivity index (χ3n) is 3.39.